The maximum absolute atomic E-state index is 10.6. The van der Waals surface area contributed by atoms with Crippen LogP contribution in [0.4, 0.5) is 0 Å². The second kappa shape index (κ2) is 5.25. The molecule has 1 aliphatic carbocycles. The number of hydrogen-bond acceptors (Lipinski definition) is 3. The third-order valence-corrected chi connectivity index (χ3v) is 4.27. The van der Waals surface area contributed by atoms with E-state index in [1.165, 1.54) is 12.8 Å². The molecule has 3 heteroatoms. The van der Waals surface area contributed by atoms with Crippen LogP contribution in [0.15, 0.2) is 0 Å². The predicted octanol–water partition coefficient (Wildman–Crippen LogP) is 2.86. The smallest absolute Gasteiger partial charge is 0.168 e. The van der Waals surface area contributed by atoms with Gasteiger partial charge in [0.25, 0.3) is 0 Å². The summed E-state index contributed by atoms with van der Waals surface area (Å²) in [5, 5.41) is 10.6. The van der Waals surface area contributed by atoms with E-state index in [1.807, 2.05) is 0 Å². The van der Waals surface area contributed by atoms with E-state index in [9.17, 15) is 5.11 Å². The topological polar surface area (TPSA) is 38.7 Å². The molecule has 1 spiro atoms. The van der Waals surface area contributed by atoms with Crippen LogP contribution in [0.1, 0.15) is 58.8 Å². The fourth-order valence-corrected chi connectivity index (χ4v) is 3.33. The van der Waals surface area contributed by atoms with E-state index < -0.39 is 5.60 Å². The Kier molecular flexibility index (Phi) is 4.11. The molecule has 0 amide bonds. The van der Waals surface area contributed by atoms with Crippen LogP contribution in [0.5, 0.6) is 0 Å². The summed E-state index contributed by atoms with van der Waals surface area (Å²) in [6.07, 6.45) is 6.68. The van der Waals surface area contributed by atoms with Gasteiger partial charge in [0.1, 0.15) is 0 Å². The monoisotopic (exact) mass is 242 g/mol. The molecule has 3 nitrogen and oxygen atoms in total. The second-order valence-electron chi connectivity index (χ2n) is 5.93. The van der Waals surface area contributed by atoms with Crippen LogP contribution in [0.2, 0.25) is 0 Å². The molecule has 1 N–H and O–H groups in total. The Bertz CT molecular complexity index is 236. The zero-order chi connectivity index (χ0) is 12.4. The fraction of sp³-hybridized carbons (Fsp3) is 1.00. The van der Waals surface area contributed by atoms with Crippen molar-refractivity contribution in [3.8, 4) is 0 Å². The third-order valence-electron chi connectivity index (χ3n) is 4.27. The molecule has 0 aromatic heterocycles. The van der Waals surface area contributed by atoms with Crippen molar-refractivity contribution in [1.29, 1.82) is 0 Å². The first-order valence-electron chi connectivity index (χ1n) is 7.08. The highest BCUT2D eigenvalue weighted by Crippen LogP contribution is 2.42. The molecule has 100 valence electrons. The van der Waals surface area contributed by atoms with Crippen LogP contribution in [-0.2, 0) is 9.47 Å². The van der Waals surface area contributed by atoms with Crippen LogP contribution in [-0.4, -0.2) is 29.7 Å². The molecule has 2 aliphatic rings. The van der Waals surface area contributed by atoms with Crippen LogP contribution in [0, 0.1) is 5.92 Å². The lowest BCUT2D eigenvalue weighted by atomic mass is 9.76. The van der Waals surface area contributed by atoms with Gasteiger partial charge in [0.2, 0.25) is 0 Å². The highest BCUT2D eigenvalue weighted by molar-refractivity contribution is 4.92. The fourth-order valence-electron chi connectivity index (χ4n) is 3.33. The van der Waals surface area contributed by atoms with Crippen molar-refractivity contribution in [2.45, 2.75) is 70.2 Å². The Hall–Kier alpha value is -0.120. The van der Waals surface area contributed by atoms with Gasteiger partial charge in [0.15, 0.2) is 5.79 Å². The summed E-state index contributed by atoms with van der Waals surface area (Å²) in [6, 6.07) is 0. The predicted molar refractivity (Wildman–Crippen MR) is 66.7 cm³/mol. The lowest BCUT2D eigenvalue weighted by Crippen LogP contribution is -2.44. The van der Waals surface area contributed by atoms with Gasteiger partial charge < -0.3 is 14.6 Å². The minimum absolute atomic E-state index is 0.347. The molecular weight excluding hydrogens is 216 g/mol. The van der Waals surface area contributed by atoms with Gasteiger partial charge in [-0.15, -0.1) is 0 Å². The summed E-state index contributed by atoms with van der Waals surface area (Å²) >= 11 is 0. The second-order valence-corrected chi connectivity index (χ2v) is 5.93. The first-order chi connectivity index (χ1) is 8.08. The molecule has 0 radical (unpaired) electrons. The lowest BCUT2D eigenvalue weighted by Gasteiger charge is -2.41. The van der Waals surface area contributed by atoms with Gasteiger partial charge in [0, 0.05) is 12.8 Å². The molecule has 0 aromatic carbocycles. The Morgan fingerprint density at radius 2 is 1.71 bits per heavy atom. The van der Waals surface area contributed by atoms with Gasteiger partial charge >= 0.3 is 0 Å². The summed E-state index contributed by atoms with van der Waals surface area (Å²) in [4.78, 5) is 0. The molecule has 2 fully saturated rings. The molecular formula is C14H26O3. The first kappa shape index (κ1) is 13.3. The van der Waals surface area contributed by atoms with Crippen molar-refractivity contribution >= 4 is 0 Å². The number of hydrogen-bond donors (Lipinski definition) is 1. The molecule has 1 atom stereocenters. The summed E-state index contributed by atoms with van der Waals surface area (Å²) in [5.74, 6) is 0.268. The van der Waals surface area contributed by atoms with Gasteiger partial charge in [-0.25, -0.2) is 0 Å². The van der Waals surface area contributed by atoms with Crippen LogP contribution < -0.4 is 0 Å². The maximum Gasteiger partial charge on any atom is 0.168 e. The summed E-state index contributed by atoms with van der Waals surface area (Å²) in [5.41, 5.74) is -0.477. The maximum atomic E-state index is 10.6. The number of ether oxygens (including phenoxy) is 2. The lowest BCUT2D eigenvalue weighted by molar-refractivity contribution is -0.204. The van der Waals surface area contributed by atoms with Gasteiger partial charge in [-0.05, 0) is 25.2 Å². The highest BCUT2D eigenvalue weighted by Gasteiger charge is 2.45. The van der Waals surface area contributed by atoms with E-state index >= 15 is 0 Å². The zero-order valence-corrected chi connectivity index (χ0v) is 11.2. The normalized spacial score (nSPS) is 28.4. The van der Waals surface area contributed by atoms with E-state index in [0.717, 1.165) is 32.1 Å². The van der Waals surface area contributed by atoms with Crippen LogP contribution >= 0.6 is 0 Å². The molecule has 1 saturated heterocycles. The van der Waals surface area contributed by atoms with Crippen LogP contribution in [0.3, 0.4) is 0 Å². The SMILES string of the molecule is CCCC(C)CC1(O)CCC2(CC1)OCCO2. The molecule has 1 unspecified atom stereocenters. The van der Waals surface area contributed by atoms with Gasteiger partial charge in [-0.2, -0.15) is 0 Å². The summed E-state index contributed by atoms with van der Waals surface area (Å²) in [7, 11) is 0. The Morgan fingerprint density at radius 3 is 2.24 bits per heavy atom. The standard InChI is InChI=1S/C14H26O3/c1-3-4-12(2)11-13(15)5-7-14(8-6-13)16-9-10-17-14/h12,15H,3-11H2,1-2H3. The van der Waals surface area contributed by atoms with E-state index in [0.29, 0.717) is 19.1 Å². The van der Waals surface area contributed by atoms with Crippen molar-refractivity contribution in [3.05, 3.63) is 0 Å². The molecule has 2 rings (SSSR count). The molecule has 0 bridgehead atoms. The molecule has 1 saturated carbocycles. The minimum Gasteiger partial charge on any atom is -0.390 e. The minimum atomic E-state index is -0.477. The molecule has 0 aromatic rings. The van der Waals surface area contributed by atoms with E-state index in [1.54, 1.807) is 0 Å². The average molecular weight is 242 g/mol. The first-order valence-corrected chi connectivity index (χ1v) is 7.08. The van der Waals surface area contributed by atoms with Gasteiger partial charge in [-0.1, -0.05) is 26.7 Å². The van der Waals surface area contributed by atoms with Crippen LogP contribution in [0.25, 0.3) is 0 Å². The summed E-state index contributed by atoms with van der Waals surface area (Å²) in [6.45, 7) is 5.88. The van der Waals surface area contributed by atoms with E-state index in [4.69, 9.17) is 9.47 Å². The van der Waals surface area contributed by atoms with Gasteiger partial charge in [-0.3, -0.25) is 0 Å². The van der Waals surface area contributed by atoms with Crippen molar-refractivity contribution in [3.63, 3.8) is 0 Å². The molecule has 1 heterocycles. The molecule has 1 aliphatic heterocycles. The van der Waals surface area contributed by atoms with Crippen molar-refractivity contribution in [2.75, 3.05) is 13.2 Å². The number of rotatable bonds is 4. The molecule has 17 heavy (non-hydrogen) atoms. The van der Waals surface area contributed by atoms with E-state index in [2.05, 4.69) is 13.8 Å². The van der Waals surface area contributed by atoms with E-state index in [-0.39, 0.29) is 5.79 Å². The summed E-state index contributed by atoms with van der Waals surface area (Å²) < 4.78 is 11.4. The van der Waals surface area contributed by atoms with Crippen molar-refractivity contribution < 1.29 is 14.6 Å². The Balaban J connectivity index is 1.84. The highest BCUT2D eigenvalue weighted by atomic mass is 16.7. The third kappa shape index (κ3) is 3.21. The number of aliphatic hydroxyl groups is 1. The van der Waals surface area contributed by atoms with Gasteiger partial charge in [0.05, 0.1) is 18.8 Å². The quantitative estimate of drug-likeness (QED) is 0.824. The Morgan fingerprint density at radius 1 is 1.12 bits per heavy atom. The Labute approximate surface area is 104 Å². The largest absolute Gasteiger partial charge is 0.390 e. The zero-order valence-electron chi connectivity index (χ0n) is 11.2. The average Bonchev–Trinajstić information content (AvgIpc) is 2.73. The van der Waals surface area contributed by atoms with Crippen molar-refractivity contribution in [2.24, 2.45) is 5.92 Å². The van der Waals surface area contributed by atoms with Crippen molar-refractivity contribution in [1.82, 2.24) is 0 Å².